The molecular weight excluding hydrogens is 230 g/mol. The Kier molecular flexibility index (Phi) is 4.89. The lowest BCUT2D eigenvalue weighted by Gasteiger charge is -2.21. The zero-order chi connectivity index (χ0) is 12.1. The van der Waals surface area contributed by atoms with Gasteiger partial charge in [0.2, 0.25) is 0 Å². The first-order valence-electron chi connectivity index (χ1n) is 6.30. The molecule has 3 heteroatoms. The first-order chi connectivity index (χ1) is 8.31. The van der Waals surface area contributed by atoms with Crippen molar-refractivity contribution in [2.75, 3.05) is 12.8 Å². The number of hydrogen-bond acceptors (Lipinski definition) is 3. The van der Waals surface area contributed by atoms with E-state index in [2.05, 4.69) is 11.6 Å². The van der Waals surface area contributed by atoms with Crippen molar-refractivity contribution in [1.29, 1.82) is 0 Å². The molecule has 0 aliphatic heterocycles. The standard InChI is InChI=1S/C14H21NOS/c1-17-14-9-5-8-12(14)15-10-13(16)11-6-3-2-4-7-11/h2-4,6-7,12-16H,5,8-10H2,1H3. The van der Waals surface area contributed by atoms with Crippen LogP contribution in [0.5, 0.6) is 0 Å². The lowest BCUT2D eigenvalue weighted by Crippen LogP contribution is -2.36. The quantitative estimate of drug-likeness (QED) is 0.843. The maximum Gasteiger partial charge on any atom is 0.0914 e. The van der Waals surface area contributed by atoms with Crippen molar-refractivity contribution < 1.29 is 5.11 Å². The third-order valence-electron chi connectivity index (χ3n) is 3.51. The minimum atomic E-state index is -0.390. The largest absolute Gasteiger partial charge is 0.387 e. The van der Waals surface area contributed by atoms with Crippen LogP contribution in [0.25, 0.3) is 0 Å². The number of hydrogen-bond donors (Lipinski definition) is 2. The first-order valence-corrected chi connectivity index (χ1v) is 7.59. The van der Waals surface area contributed by atoms with E-state index in [1.54, 1.807) is 0 Å². The van der Waals surface area contributed by atoms with Gasteiger partial charge >= 0.3 is 0 Å². The number of aliphatic hydroxyl groups excluding tert-OH is 1. The Balaban J connectivity index is 1.82. The van der Waals surface area contributed by atoms with Crippen LogP contribution in [0.3, 0.4) is 0 Å². The Morgan fingerprint density at radius 3 is 2.82 bits per heavy atom. The Labute approximate surface area is 108 Å². The van der Waals surface area contributed by atoms with Crippen LogP contribution in [0.2, 0.25) is 0 Å². The summed E-state index contributed by atoms with van der Waals surface area (Å²) in [5, 5.41) is 14.3. The van der Waals surface area contributed by atoms with Crippen molar-refractivity contribution in [1.82, 2.24) is 5.32 Å². The molecule has 2 nitrogen and oxygen atoms in total. The minimum Gasteiger partial charge on any atom is -0.387 e. The summed E-state index contributed by atoms with van der Waals surface area (Å²) in [6, 6.07) is 10.4. The Morgan fingerprint density at radius 1 is 1.35 bits per heavy atom. The lowest BCUT2D eigenvalue weighted by molar-refractivity contribution is 0.170. The van der Waals surface area contributed by atoms with Gasteiger partial charge in [-0.15, -0.1) is 0 Å². The van der Waals surface area contributed by atoms with Gasteiger partial charge in [-0.25, -0.2) is 0 Å². The smallest absolute Gasteiger partial charge is 0.0914 e. The van der Waals surface area contributed by atoms with Gasteiger partial charge in [-0.2, -0.15) is 11.8 Å². The van der Waals surface area contributed by atoms with Crippen molar-refractivity contribution in [3.8, 4) is 0 Å². The summed E-state index contributed by atoms with van der Waals surface area (Å²) in [7, 11) is 0. The molecule has 1 aromatic carbocycles. The highest BCUT2D eigenvalue weighted by Gasteiger charge is 2.26. The fourth-order valence-electron chi connectivity index (χ4n) is 2.50. The molecule has 0 spiro atoms. The molecule has 3 atom stereocenters. The minimum absolute atomic E-state index is 0.390. The van der Waals surface area contributed by atoms with Gasteiger partial charge in [0.05, 0.1) is 6.10 Å². The lowest BCUT2D eigenvalue weighted by atomic mass is 10.1. The molecule has 2 N–H and O–H groups in total. The molecule has 1 fully saturated rings. The van der Waals surface area contributed by atoms with Crippen molar-refractivity contribution in [2.45, 2.75) is 36.7 Å². The van der Waals surface area contributed by atoms with Crippen LogP contribution in [0.4, 0.5) is 0 Å². The number of rotatable bonds is 5. The Morgan fingerprint density at radius 2 is 2.12 bits per heavy atom. The van der Waals surface area contributed by atoms with Gasteiger partial charge in [-0.3, -0.25) is 0 Å². The van der Waals surface area contributed by atoms with Crippen LogP contribution in [0.1, 0.15) is 30.9 Å². The topological polar surface area (TPSA) is 32.3 Å². The van der Waals surface area contributed by atoms with Crippen LogP contribution < -0.4 is 5.32 Å². The second-order valence-electron chi connectivity index (χ2n) is 4.65. The Bertz CT molecular complexity index is 330. The van der Waals surface area contributed by atoms with E-state index >= 15 is 0 Å². The third-order valence-corrected chi connectivity index (χ3v) is 4.68. The van der Waals surface area contributed by atoms with E-state index in [1.165, 1.54) is 19.3 Å². The summed E-state index contributed by atoms with van der Waals surface area (Å²) in [5.74, 6) is 0. The van der Waals surface area contributed by atoms with E-state index in [9.17, 15) is 5.11 Å². The molecule has 0 bridgehead atoms. The summed E-state index contributed by atoms with van der Waals surface area (Å²) in [6.07, 6.45) is 5.65. The average molecular weight is 251 g/mol. The van der Waals surface area contributed by atoms with E-state index < -0.39 is 0 Å². The van der Waals surface area contributed by atoms with Crippen LogP contribution >= 0.6 is 11.8 Å². The maximum absolute atomic E-state index is 10.1. The molecule has 2 rings (SSSR count). The van der Waals surface area contributed by atoms with Gasteiger partial charge in [-0.1, -0.05) is 36.8 Å². The SMILES string of the molecule is CSC1CCCC1NCC(O)c1ccccc1. The van der Waals surface area contributed by atoms with E-state index in [4.69, 9.17) is 0 Å². The summed E-state index contributed by atoms with van der Waals surface area (Å²) in [5.41, 5.74) is 0.999. The van der Waals surface area contributed by atoms with Crippen molar-refractivity contribution >= 4 is 11.8 Å². The molecule has 94 valence electrons. The molecule has 0 amide bonds. The molecule has 3 unspecified atom stereocenters. The summed E-state index contributed by atoms with van der Waals surface area (Å²) < 4.78 is 0. The molecule has 0 radical (unpaired) electrons. The van der Waals surface area contributed by atoms with Gasteiger partial charge in [0.15, 0.2) is 0 Å². The molecule has 1 aliphatic rings. The number of benzene rings is 1. The molecule has 17 heavy (non-hydrogen) atoms. The first kappa shape index (κ1) is 12.9. The van der Waals surface area contributed by atoms with E-state index in [0.717, 1.165) is 10.8 Å². The predicted molar refractivity (Wildman–Crippen MR) is 74.3 cm³/mol. The fourth-order valence-corrected chi connectivity index (χ4v) is 3.46. The van der Waals surface area contributed by atoms with Crippen LogP contribution in [0.15, 0.2) is 30.3 Å². The highest BCUT2D eigenvalue weighted by atomic mass is 32.2. The second kappa shape index (κ2) is 6.43. The summed E-state index contributed by atoms with van der Waals surface area (Å²) >= 11 is 1.94. The van der Waals surface area contributed by atoms with Crippen molar-refractivity contribution in [3.05, 3.63) is 35.9 Å². The highest BCUT2D eigenvalue weighted by Crippen LogP contribution is 2.28. The van der Waals surface area contributed by atoms with Crippen LogP contribution in [0, 0.1) is 0 Å². The van der Waals surface area contributed by atoms with Crippen LogP contribution in [-0.2, 0) is 0 Å². The molecular formula is C14H21NOS. The normalized spacial score (nSPS) is 26.0. The van der Waals surface area contributed by atoms with Gasteiger partial charge in [-0.05, 0) is 24.7 Å². The maximum atomic E-state index is 10.1. The monoisotopic (exact) mass is 251 g/mol. The van der Waals surface area contributed by atoms with Crippen LogP contribution in [-0.4, -0.2) is 29.2 Å². The molecule has 0 aromatic heterocycles. The number of thioether (sulfide) groups is 1. The van der Waals surface area contributed by atoms with Gasteiger partial charge < -0.3 is 10.4 Å². The fraction of sp³-hybridized carbons (Fsp3) is 0.571. The zero-order valence-electron chi connectivity index (χ0n) is 10.3. The summed E-state index contributed by atoms with van der Waals surface area (Å²) in [4.78, 5) is 0. The van der Waals surface area contributed by atoms with Gasteiger partial charge in [0, 0.05) is 17.8 Å². The molecule has 1 aliphatic carbocycles. The third kappa shape index (κ3) is 3.47. The van der Waals surface area contributed by atoms with Crippen molar-refractivity contribution in [3.63, 3.8) is 0 Å². The predicted octanol–water partition coefficient (Wildman–Crippen LogP) is 2.59. The molecule has 0 saturated heterocycles. The highest BCUT2D eigenvalue weighted by molar-refractivity contribution is 7.99. The van der Waals surface area contributed by atoms with Gasteiger partial charge in [0.1, 0.15) is 0 Å². The zero-order valence-corrected chi connectivity index (χ0v) is 11.1. The molecule has 1 saturated carbocycles. The second-order valence-corrected chi connectivity index (χ2v) is 5.72. The average Bonchev–Trinajstić information content (AvgIpc) is 2.84. The van der Waals surface area contributed by atoms with Crippen molar-refractivity contribution in [2.24, 2.45) is 0 Å². The molecule has 1 aromatic rings. The summed E-state index contributed by atoms with van der Waals surface area (Å²) in [6.45, 7) is 0.658. The van der Waals surface area contributed by atoms with Gasteiger partial charge in [0.25, 0.3) is 0 Å². The Hall–Kier alpha value is -0.510. The van der Waals surface area contributed by atoms with E-state index in [0.29, 0.717) is 12.6 Å². The molecule has 0 heterocycles. The van der Waals surface area contributed by atoms with E-state index in [1.807, 2.05) is 42.1 Å². The number of aliphatic hydroxyl groups is 1. The number of nitrogens with one attached hydrogen (secondary N) is 1. The van der Waals surface area contributed by atoms with E-state index in [-0.39, 0.29) is 6.10 Å².